The van der Waals surface area contributed by atoms with Crippen molar-refractivity contribution in [2.24, 2.45) is 5.41 Å². The van der Waals surface area contributed by atoms with E-state index in [1.807, 2.05) is 20.8 Å². The van der Waals surface area contributed by atoms with Gasteiger partial charge in [0.2, 0.25) is 0 Å². The van der Waals surface area contributed by atoms with E-state index >= 15 is 0 Å². The Morgan fingerprint density at radius 1 is 1.08 bits per heavy atom. The monoisotopic (exact) mass is 208 g/mol. The molecular formula is C8H16O2S2. The average molecular weight is 208 g/mol. The Hall–Kier alpha value is 0.300. The third kappa shape index (κ3) is 2.16. The molecule has 0 amide bonds. The van der Waals surface area contributed by atoms with Gasteiger partial charge in [-0.2, -0.15) is 0 Å². The minimum atomic E-state index is -0.878. The smallest absolute Gasteiger partial charge is 0.115 e. The van der Waals surface area contributed by atoms with E-state index in [4.69, 9.17) is 0 Å². The minimum absolute atomic E-state index is 0.0872. The highest BCUT2D eigenvalue weighted by Crippen LogP contribution is 2.30. The van der Waals surface area contributed by atoms with Gasteiger partial charge in [-0.1, -0.05) is 20.8 Å². The highest BCUT2D eigenvalue weighted by atomic mass is 32.2. The van der Waals surface area contributed by atoms with Crippen molar-refractivity contribution < 1.29 is 8.42 Å². The Kier molecular flexibility index (Phi) is 3.10. The van der Waals surface area contributed by atoms with Gasteiger partial charge >= 0.3 is 0 Å². The van der Waals surface area contributed by atoms with Gasteiger partial charge in [0, 0.05) is 33.1 Å². The normalized spacial score (nSPS) is 33.6. The van der Waals surface area contributed by atoms with Crippen molar-refractivity contribution in [2.75, 3.05) is 11.5 Å². The molecule has 0 unspecified atom stereocenters. The molecule has 0 aromatic carbocycles. The van der Waals surface area contributed by atoms with Crippen LogP contribution in [0.3, 0.4) is 0 Å². The SMILES string of the molecule is CC(C)(C)C1[S@@](=O)CCC[S@@]1=O. The predicted octanol–water partition coefficient (Wildman–Crippen LogP) is 1.26. The standard InChI is InChI=1S/C8H16O2S2/c1-8(2,3)7-11(9)5-4-6-12(7)10/h7H,4-6H2,1-3H3/t11-,12-/m0/s1. The zero-order chi connectivity index (χ0) is 9.35. The Morgan fingerprint density at radius 3 is 1.75 bits per heavy atom. The molecule has 0 aliphatic carbocycles. The van der Waals surface area contributed by atoms with Gasteiger partial charge in [-0.05, 0) is 11.8 Å². The van der Waals surface area contributed by atoms with Gasteiger partial charge in [0.05, 0.1) is 0 Å². The van der Waals surface area contributed by atoms with Gasteiger partial charge in [0.15, 0.2) is 0 Å². The molecule has 0 saturated carbocycles. The van der Waals surface area contributed by atoms with Gasteiger partial charge in [0.1, 0.15) is 4.58 Å². The van der Waals surface area contributed by atoms with E-state index in [1.54, 1.807) is 0 Å². The first-order valence-electron chi connectivity index (χ1n) is 4.17. The topological polar surface area (TPSA) is 34.1 Å². The third-order valence-corrected chi connectivity index (χ3v) is 6.91. The molecule has 0 bridgehead atoms. The molecule has 1 heterocycles. The maximum Gasteiger partial charge on any atom is 0.115 e. The van der Waals surface area contributed by atoms with E-state index in [-0.39, 0.29) is 10.00 Å². The van der Waals surface area contributed by atoms with Crippen molar-refractivity contribution in [3.63, 3.8) is 0 Å². The van der Waals surface area contributed by atoms with E-state index in [0.717, 1.165) is 17.9 Å². The van der Waals surface area contributed by atoms with Crippen LogP contribution in [0.5, 0.6) is 0 Å². The largest absolute Gasteiger partial charge is 0.258 e. The Bertz CT molecular complexity index is 202. The molecule has 1 saturated heterocycles. The molecule has 1 fully saturated rings. The third-order valence-electron chi connectivity index (χ3n) is 1.88. The van der Waals surface area contributed by atoms with E-state index in [2.05, 4.69) is 0 Å². The highest BCUT2D eigenvalue weighted by Gasteiger charge is 2.37. The van der Waals surface area contributed by atoms with Crippen LogP contribution < -0.4 is 0 Å². The van der Waals surface area contributed by atoms with Crippen LogP contribution in [0, 0.1) is 5.41 Å². The Balaban J connectivity index is 2.84. The van der Waals surface area contributed by atoms with Crippen molar-refractivity contribution in [3.8, 4) is 0 Å². The zero-order valence-electron chi connectivity index (χ0n) is 7.83. The average Bonchev–Trinajstić information content (AvgIpc) is 1.82. The summed E-state index contributed by atoms with van der Waals surface area (Å²) in [6, 6.07) is 0. The van der Waals surface area contributed by atoms with Gasteiger partial charge in [0.25, 0.3) is 0 Å². The Morgan fingerprint density at radius 2 is 1.50 bits per heavy atom. The van der Waals surface area contributed by atoms with Gasteiger partial charge in [-0.15, -0.1) is 0 Å². The fourth-order valence-corrected chi connectivity index (χ4v) is 6.05. The lowest BCUT2D eigenvalue weighted by atomic mass is 10.0. The summed E-state index contributed by atoms with van der Waals surface area (Å²) >= 11 is 0. The first kappa shape index (κ1) is 10.4. The summed E-state index contributed by atoms with van der Waals surface area (Å²) in [5.41, 5.74) is -0.0872. The van der Waals surface area contributed by atoms with Gasteiger partial charge < -0.3 is 0 Å². The minimum Gasteiger partial charge on any atom is -0.258 e. The predicted molar refractivity (Wildman–Crippen MR) is 53.9 cm³/mol. The number of hydrogen-bond acceptors (Lipinski definition) is 2. The summed E-state index contributed by atoms with van der Waals surface area (Å²) < 4.78 is 23.0. The highest BCUT2D eigenvalue weighted by molar-refractivity contribution is 8.03. The van der Waals surface area contributed by atoms with Crippen LogP contribution in [0.2, 0.25) is 0 Å². The van der Waals surface area contributed by atoms with Crippen molar-refractivity contribution in [3.05, 3.63) is 0 Å². The maximum absolute atomic E-state index is 11.6. The maximum atomic E-state index is 11.6. The fourth-order valence-electron chi connectivity index (χ4n) is 1.47. The second-order valence-electron chi connectivity index (χ2n) is 4.22. The number of rotatable bonds is 0. The van der Waals surface area contributed by atoms with Crippen molar-refractivity contribution >= 4 is 21.6 Å². The van der Waals surface area contributed by atoms with E-state index in [1.165, 1.54) is 0 Å². The molecule has 0 radical (unpaired) electrons. The lowest BCUT2D eigenvalue weighted by Gasteiger charge is -2.31. The summed E-state index contributed by atoms with van der Waals surface area (Å²) in [6.07, 6.45) is 0.853. The molecular weight excluding hydrogens is 192 g/mol. The first-order chi connectivity index (χ1) is 5.43. The van der Waals surface area contributed by atoms with Crippen LogP contribution in [0.25, 0.3) is 0 Å². The van der Waals surface area contributed by atoms with Crippen LogP contribution in [-0.4, -0.2) is 24.5 Å². The van der Waals surface area contributed by atoms with Gasteiger partial charge in [-0.3, -0.25) is 8.42 Å². The molecule has 0 spiro atoms. The first-order valence-corrected chi connectivity index (χ1v) is 6.93. The van der Waals surface area contributed by atoms with E-state index in [9.17, 15) is 8.42 Å². The second kappa shape index (κ2) is 3.58. The fraction of sp³-hybridized carbons (Fsp3) is 1.00. The quantitative estimate of drug-likeness (QED) is 0.600. The molecule has 2 nitrogen and oxygen atoms in total. The molecule has 72 valence electrons. The van der Waals surface area contributed by atoms with E-state index in [0.29, 0.717) is 0 Å². The number of hydrogen-bond donors (Lipinski definition) is 0. The molecule has 2 atom stereocenters. The molecule has 0 aromatic rings. The Labute approximate surface area is 79.0 Å². The molecule has 1 aliphatic heterocycles. The van der Waals surface area contributed by atoms with Crippen molar-refractivity contribution in [2.45, 2.75) is 31.8 Å². The molecule has 0 N–H and O–H groups in total. The molecule has 1 aliphatic rings. The molecule has 0 aromatic heterocycles. The summed E-state index contributed by atoms with van der Waals surface area (Å²) in [7, 11) is -1.76. The van der Waals surface area contributed by atoms with Crippen LogP contribution in [0.4, 0.5) is 0 Å². The second-order valence-corrected chi connectivity index (χ2v) is 7.80. The summed E-state index contributed by atoms with van der Waals surface area (Å²) in [5, 5.41) is 0. The molecule has 12 heavy (non-hydrogen) atoms. The van der Waals surface area contributed by atoms with Crippen molar-refractivity contribution in [1.29, 1.82) is 0 Å². The van der Waals surface area contributed by atoms with Crippen LogP contribution in [-0.2, 0) is 21.6 Å². The molecule has 4 heteroatoms. The summed E-state index contributed by atoms with van der Waals surface area (Å²) in [4.78, 5) is 0. The van der Waals surface area contributed by atoms with Crippen LogP contribution >= 0.6 is 0 Å². The molecule has 1 rings (SSSR count). The zero-order valence-corrected chi connectivity index (χ0v) is 9.46. The van der Waals surface area contributed by atoms with E-state index < -0.39 is 21.6 Å². The summed E-state index contributed by atoms with van der Waals surface area (Å²) in [5.74, 6) is 1.46. The lowest BCUT2D eigenvalue weighted by molar-refractivity contribution is 0.443. The van der Waals surface area contributed by atoms with Gasteiger partial charge in [-0.25, -0.2) is 0 Å². The van der Waals surface area contributed by atoms with Crippen LogP contribution in [0.1, 0.15) is 27.2 Å². The lowest BCUT2D eigenvalue weighted by Crippen LogP contribution is -2.40. The summed E-state index contributed by atoms with van der Waals surface area (Å²) in [6.45, 7) is 6.04. The van der Waals surface area contributed by atoms with Crippen molar-refractivity contribution in [1.82, 2.24) is 0 Å². The van der Waals surface area contributed by atoms with Crippen LogP contribution in [0.15, 0.2) is 0 Å².